The number of rotatable bonds is 2. The van der Waals surface area contributed by atoms with E-state index in [4.69, 9.17) is 4.74 Å². The SMILES string of the molecule is CC(C)(C)OC(=O)N1CCC[C@H]1CN=C1NS(=O)(=O)c2ccccc21. The molecular weight excluding hydrogens is 342 g/mol. The summed E-state index contributed by atoms with van der Waals surface area (Å²) < 4.78 is 32.2. The third-order valence-corrected chi connectivity index (χ3v) is 5.53. The standard InChI is InChI=1S/C17H23N3O4S/c1-17(2,3)24-16(21)20-10-6-7-12(20)11-18-15-13-8-4-5-9-14(13)25(22,23)19-15/h4-5,8-9,12H,6-7,10-11H2,1-3H3,(H,18,19)/t12-/m0/s1. The molecule has 1 aromatic rings. The van der Waals surface area contributed by atoms with Crippen molar-refractivity contribution in [3.05, 3.63) is 29.8 Å². The molecule has 0 unspecified atom stereocenters. The molecule has 0 saturated carbocycles. The molecular formula is C17H23N3O4S. The lowest BCUT2D eigenvalue weighted by Gasteiger charge is -2.28. The molecule has 25 heavy (non-hydrogen) atoms. The van der Waals surface area contributed by atoms with Crippen LogP contribution in [0.2, 0.25) is 0 Å². The number of amidine groups is 1. The van der Waals surface area contributed by atoms with Crippen LogP contribution in [0.1, 0.15) is 39.2 Å². The van der Waals surface area contributed by atoms with Crippen molar-refractivity contribution < 1.29 is 17.9 Å². The second-order valence-corrected chi connectivity index (χ2v) is 8.91. The van der Waals surface area contributed by atoms with Crippen LogP contribution >= 0.6 is 0 Å². The van der Waals surface area contributed by atoms with Crippen molar-refractivity contribution in [1.82, 2.24) is 9.62 Å². The first kappa shape index (κ1) is 17.7. The predicted molar refractivity (Wildman–Crippen MR) is 94.1 cm³/mol. The summed E-state index contributed by atoms with van der Waals surface area (Å²) in [5, 5.41) is 0. The molecule has 1 saturated heterocycles. The summed E-state index contributed by atoms with van der Waals surface area (Å²) in [6.45, 7) is 6.47. The minimum atomic E-state index is -3.54. The van der Waals surface area contributed by atoms with Gasteiger partial charge in [0.25, 0.3) is 10.0 Å². The van der Waals surface area contributed by atoms with Gasteiger partial charge < -0.3 is 9.64 Å². The van der Waals surface area contributed by atoms with Crippen molar-refractivity contribution in [2.24, 2.45) is 4.99 Å². The molecule has 2 heterocycles. The van der Waals surface area contributed by atoms with Gasteiger partial charge in [-0.05, 0) is 45.7 Å². The summed E-state index contributed by atoms with van der Waals surface area (Å²) in [5.41, 5.74) is 0.0279. The van der Waals surface area contributed by atoms with Gasteiger partial charge in [-0.2, -0.15) is 0 Å². The topological polar surface area (TPSA) is 88.1 Å². The number of ether oxygens (including phenoxy) is 1. The van der Waals surface area contributed by atoms with Gasteiger partial charge in [-0.15, -0.1) is 0 Å². The maximum absolute atomic E-state index is 12.3. The fourth-order valence-electron chi connectivity index (χ4n) is 3.03. The average Bonchev–Trinajstić information content (AvgIpc) is 3.07. The van der Waals surface area contributed by atoms with Crippen molar-refractivity contribution in [2.75, 3.05) is 13.1 Å². The molecule has 2 aliphatic heterocycles. The summed E-state index contributed by atoms with van der Waals surface area (Å²) in [6.07, 6.45) is 1.37. The Balaban J connectivity index is 1.75. The van der Waals surface area contributed by atoms with Crippen LogP contribution < -0.4 is 4.72 Å². The number of nitrogens with one attached hydrogen (secondary N) is 1. The molecule has 1 N–H and O–H groups in total. The number of sulfonamides is 1. The molecule has 7 nitrogen and oxygen atoms in total. The van der Waals surface area contributed by atoms with Crippen LogP contribution in [0.3, 0.4) is 0 Å². The number of carbonyl (C=O) groups excluding carboxylic acids is 1. The maximum atomic E-state index is 12.3. The minimum absolute atomic E-state index is 0.0837. The van der Waals surface area contributed by atoms with Gasteiger partial charge in [0, 0.05) is 12.1 Å². The van der Waals surface area contributed by atoms with Crippen LogP contribution in [0.5, 0.6) is 0 Å². The van der Waals surface area contributed by atoms with E-state index in [1.54, 1.807) is 29.2 Å². The number of amides is 1. The third kappa shape index (κ3) is 3.78. The predicted octanol–water partition coefficient (Wildman–Crippen LogP) is 2.12. The zero-order valence-corrected chi connectivity index (χ0v) is 15.5. The third-order valence-electron chi connectivity index (χ3n) is 4.13. The fourth-order valence-corrected chi connectivity index (χ4v) is 4.29. The molecule has 1 fully saturated rings. The van der Waals surface area contributed by atoms with Gasteiger partial charge in [0.2, 0.25) is 0 Å². The number of carbonyl (C=O) groups is 1. The van der Waals surface area contributed by atoms with E-state index in [9.17, 15) is 13.2 Å². The first-order chi connectivity index (χ1) is 11.7. The van der Waals surface area contributed by atoms with Gasteiger partial charge in [0.1, 0.15) is 11.4 Å². The highest BCUT2D eigenvalue weighted by Gasteiger charge is 2.34. The van der Waals surface area contributed by atoms with Crippen LogP contribution in [0.4, 0.5) is 4.79 Å². The number of fused-ring (bicyclic) bond motifs is 1. The lowest BCUT2D eigenvalue weighted by atomic mass is 10.2. The van der Waals surface area contributed by atoms with Crippen molar-refractivity contribution in [3.63, 3.8) is 0 Å². The number of hydrogen-bond acceptors (Lipinski definition) is 5. The first-order valence-electron chi connectivity index (χ1n) is 8.34. The summed E-state index contributed by atoms with van der Waals surface area (Å²) in [5.74, 6) is 0.339. The quantitative estimate of drug-likeness (QED) is 0.869. The van der Waals surface area contributed by atoms with Crippen molar-refractivity contribution in [2.45, 2.75) is 50.2 Å². The van der Waals surface area contributed by atoms with Crippen LogP contribution in [-0.4, -0.2) is 50.0 Å². The largest absolute Gasteiger partial charge is 0.444 e. The molecule has 0 aliphatic carbocycles. The molecule has 1 aromatic carbocycles. The second kappa shape index (κ2) is 6.33. The minimum Gasteiger partial charge on any atom is -0.444 e. The Labute approximate surface area is 148 Å². The Kier molecular flexibility index (Phi) is 4.49. The van der Waals surface area contributed by atoms with Crippen molar-refractivity contribution in [3.8, 4) is 0 Å². The van der Waals surface area contributed by atoms with Gasteiger partial charge >= 0.3 is 6.09 Å². The smallest absolute Gasteiger partial charge is 0.410 e. The number of nitrogens with zero attached hydrogens (tertiary/aromatic N) is 2. The number of hydrogen-bond donors (Lipinski definition) is 1. The Hall–Kier alpha value is -2.09. The zero-order chi connectivity index (χ0) is 18.2. The van der Waals surface area contributed by atoms with E-state index in [1.807, 2.05) is 20.8 Å². The molecule has 3 rings (SSSR count). The molecule has 0 spiro atoms. The van der Waals surface area contributed by atoms with Crippen molar-refractivity contribution in [1.29, 1.82) is 0 Å². The van der Waals surface area contributed by atoms with Crippen LogP contribution in [0, 0.1) is 0 Å². The molecule has 0 radical (unpaired) electrons. The molecule has 8 heteroatoms. The van der Waals surface area contributed by atoms with E-state index in [0.29, 0.717) is 24.5 Å². The van der Waals surface area contributed by atoms with Gasteiger partial charge in [0.05, 0.1) is 17.5 Å². The molecule has 1 amide bonds. The Bertz CT molecular complexity index is 811. The number of aliphatic imine (C=N–C) groups is 1. The van der Waals surface area contributed by atoms with E-state index >= 15 is 0 Å². The first-order valence-corrected chi connectivity index (χ1v) is 9.82. The fraction of sp³-hybridized carbons (Fsp3) is 0.529. The molecule has 0 bridgehead atoms. The van der Waals surface area contributed by atoms with Gasteiger partial charge in [0.15, 0.2) is 0 Å². The number of likely N-dealkylation sites (tertiary alicyclic amines) is 1. The Morgan fingerprint density at radius 2 is 2.08 bits per heavy atom. The van der Waals surface area contributed by atoms with E-state index < -0.39 is 15.6 Å². The monoisotopic (exact) mass is 365 g/mol. The Morgan fingerprint density at radius 1 is 1.36 bits per heavy atom. The highest BCUT2D eigenvalue weighted by Crippen LogP contribution is 2.24. The molecule has 2 aliphatic rings. The zero-order valence-electron chi connectivity index (χ0n) is 14.7. The highest BCUT2D eigenvalue weighted by molar-refractivity contribution is 7.90. The number of benzene rings is 1. The normalized spacial score (nSPS) is 23.4. The lowest BCUT2D eigenvalue weighted by Crippen LogP contribution is -2.41. The van der Waals surface area contributed by atoms with E-state index in [2.05, 4.69) is 9.71 Å². The van der Waals surface area contributed by atoms with Crippen LogP contribution in [0.15, 0.2) is 34.2 Å². The lowest BCUT2D eigenvalue weighted by molar-refractivity contribution is 0.0232. The molecule has 0 aromatic heterocycles. The van der Waals surface area contributed by atoms with Crippen LogP contribution in [0.25, 0.3) is 0 Å². The summed E-state index contributed by atoms with van der Waals surface area (Å²) >= 11 is 0. The molecule has 136 valence electrons. The Morgan fingerprint density at radius 3 is 2.80 bits per heavy atom. The molecule has 1 atom stereocenters. The summed E-state index contributed by atoms with van der Waals surface area (Å²) in [4.78, 5) is 18.7. The van der Waals surface area contributed by atoms with E-state index in [1.165, 1.54) is 0 Å². The summed E-state index contributed by atoms with van der Waals surface area (Å²) in [6, 6.07) is 6.66. The maximum Gasteiger partial charge on any atom is 0.410 e. The van der Waals surface area contributed by atoms with Crippen LogP contribution in [-0.2, 0) is 14.8 Å². The van der Waals surface area contributed by atoms with Gasteiger partial charge in [-0.25, -0.2) is 13.2 Å². The van der Waals surface area contributed by atoms with E-state index in [0.717, 1.165) is 12.8 Å². The highest BCUT2D eigenvalue weighted by atomic mass is 32.2. The average molecular weight is 365 g/mol. The van der Waals surface area contributed by atoms with Crippen molar-refractivity contribution >= 4 is 22.0 Å². The van der Waals surface area contributed by atoms with Gasteiger partial charge in [-0.3, -0.25) is 9.71 Å². The second-order valence-electron chi connectivity index (χ2n) is 7.26. The van der Waals surface area contributed by atoms with E-state index in [-0.39, 0.29) is 17.0 Å². The van der Waals surface area contributed by atoms with Gasteiger partial charge in [-0.1, -0.05) is 12.1 Å². The summed E-state index contributed by atoms with van der Waals surface area (Å²) in [7, 11) is -3.54.